The van der Waals surface area contributed by atoms with Gasteiger partial charge in [-0.1, -0.05) is 33.6 Å². The molecule has 0 aliphatic rings. The van der Waals surface area contributed by atoms with Crippen LogP contribution in [0.2, 0.25) is 5.02 Å². The third-order valence-electron chi connectivity index (χ3n) is 3.23. The Balaban J connectivity index is 2.13. The highest BCUT2D eigenvalue weighted by Gasteiger charge is 2.24. The zero-order valence-corrected chi connectivity index (χ0v) is 14.0. The van der Waals surface area contributed by atoms with E-state index in [-0.39, 0.29) is 16.5 Å². The minimum atomic E-state index is -1.24. The molecule has 2 rings (SSSR count). The zero-order valence-electron chi connectivity index (χ0n) is 11.7. The first-order chi connectivity index (χ1) is 10.4. The van der Waals surface area contributed by atoms with Crippen LogP contribution in [0.3, 0.4) is 0 Å². The highest BCUT2D eigenvalue weighted by Crippen LogP contribution is 2.28. The molecule has 0 saturated heterocycles. The normalized spacial score (nSPS) is 13.5. The van der Waals surface area contributed by atoms with Crippen molar-refractivity contribution >= 4 is 33.4 Å². The van der Waals surface area contributed by atoms with E-state index < -0.39 is 18.0 Å². The fourth-order valence-electron chi connectivity index (χ4n) is 2.01. The van der Waals surface area contributed by atoms with Crippen LogP contribution < -0.4 is 5.32 Å². The molecular weight excluding hydrogens is 373 g/mol. The van der Waals surface area contributed by atoms with Crippen LogP contribution in [0.5, 0.6) is 0 Å². The molecule has 0 saturated carbocycles. The smallest absolute Gasteiger partial charge is 0.251 e. The van der Waals surface area contributed by atoms with Gasteiger partial charge in [-0.05, 0) is 43.3 Å². The molecule has 6 heteroatoms. The predicted octanol–water partition coefficient (Wildman–Crippen LogP) is 4.09. The van der Waals surface area contributed by atoms with Gasteiger partial charge in [0.2, 0.25) is 0 Å². The minimum Gasteiger partial charge on any atom is -0.386 e. The maximum absolute atomic E-state index is 13.8. The second-order valence-corrected chi connectivity index (χ2v) is 6.17. The van der Waals surface area contributed by atoms with E-state index in [4.69, 9.17) is 11.6 Å². The van der Waals surface area contributed by atoms with Crippen molar-refractivity contribution in [2.75, 3.05) is 0 Å². The number of aliphatic hydroxyl groups excluding tert-OH is 1. The molecule has 0 aliphatic carbocycles. The fourth-order valence-corrected chi connectivity index (χ4v) is 2.55. The first-order valence-electron chi connectivity index (χ1n) is 6.58. The summed E-state index contributed by atoms with van der Waals surface area (Å²) in [6.07, 6.45) is -1.24. The van der Waals surface area contributed by atoms with Crippen LogP contribution in [0.15, 0.2) is 46.9 Å². The Morgan fingerprint density at radius 2 is 1.91 bits per heavy atom. The van der Waals surface area contributed by atoms with Gasteiger partial charge >= 0.3 is 0 Å². The van der Waals surface area contributed by atoms with Crippen molar-refractivity contribution in [3.8, 4) is 0 Å². The van der Waals surface area contributed by atoms with Gasteiger partial charge in [-0.25, -0.2) is 4.39 Å². The van der Waals surface area contributed by atoms with Gasteiger partial charge in [0.25, 0.3) is 5.91 Å². The second-order valence-electron chi connectivity index (χ2n) is 4.85. The third-order valence-corrected chi connectivity index (χ3v) is 4.09. The maximum Gasteiger partial charge on any atom is 0.251 e. The Bertz CT molecular complexity index is 658. The summed E-state index contributed by atoms with van der Waals surface area (Å²) in [5.74, 6) is -0.962. The largest absolute Gasteiger partial charge is 0.386 e. The standard InChI is InChI=1S/C16H14BrClFNO2/c1-9(15(21)14-12(18)3-2-4-13(14)19)20-16(22)10-5-7-11(17)8-6-10/h2-9,15,21H,1H3,(H,20,22)/t9-,15+/m1/s1. The molecule has 0 aromatic heterocycles. The molecule has 0 spiro atoms. The lowest BCUT2D eigenvalue weighted by Gasteiger charge is -2.22. The summed E-state index contributed by atoms with van der Waals surface area (Å²) in [5.41, 5.74) is 0.426. The fraction of sp³-hybridized carbons (Fsp3) is 0.188. The van der Waals surface area contributed by atoms with Gasteiger partial charge in [-0.2, -0.15) is 0 Å². The summed E-state index contributed by atoms with van der Waals surface area (Å²) in [6, 6.07) is 10.2. The van der Waals surface area contributed by atoms with Gasteiger partial charge < -0.3 is 10.4 Å². The monoisotopic (exact) mass is 385 g/mol. The Morgan fingerprint density at radius 1 is 1.27 bits per heavy atom. The molecular formula is C16H14BrClFNO2. The van der Waals surface area contributed by atoms with E-state index in [0.717, 1.165) is 4.47 Å². The number of rotatable bonds is 4. The lowest BCUT2D eigenvalue weighted by molar-refractivity contribution is 0.0846. The SMILES string of the molecule is C[C@@H](NC(=O)c1ccc(Br)cc1)[C@H](O)c1c(F)cccc1Cl. The number of benzene rings is 2. The molecule has 2 aromatic carbocycles. The van der Waals surface area contributed by atoms with Crippen LogP contribution in [-0.4, -0.2) is 17.1 Å². The average molecular weight is 387 g/mol. The van der Waals surface area contributed by atoms with Crippen LogP contribution in [0.4, 0.5) is 4.39 Å². The third kappa shape index (κ3) is 3.85. The first kappa shape index (κ1) is 16.9. The highest BCUT2D eigenvalue weighted by molar-refractivity contribution is 9.10. The van der Waals surface area contributed by atoms with Crippen molar-refractivity contribution < 1.29 is 14.3 Å². The van der Waals surface area contributed by atoms with E-state index in [1.54, 1.807) is 31.2 Å². The van der Waals surface area contributed by atoms with Crippen LogP contribution in [0.25, 0.3) is 0 Å². The van der Waals surface area contributed by atoms with Crippen molar-refractivity contribution in [1.29, 1.82) is 0 Å². The van der Waals surface area contributed by atoms with Gasteiger partial charge in [-0.3, -0.25) is 4.79 Å². The van der Waals surface area contributed by atoms with Gasteiger partial charge in [0.15, 0.2) is 0 Å². The number of hydrogen-bond acceptors (Lipinski definition) is 2. The topological polar surface area (TPSA) is 49.3 Å². The Morgan fingerprint density at radius 3 is 2.50 bits per heavy atom. The summed E-state index contributed by atoms with van der Waals surface area (Å²) < 4.78 is 14.7. The molecule has 0 aliphatic heterocycles. The maximum atomic E-state index is 13.8. The molecule has 22 heavy (non-hydrogen) atoms. The number of hydrogen-bond donors (Lipinski definition) is 2. The molecule has 0 unspecified atom stereocenters. The average Bonchev–Trinajstić information content (AvgIpc) is 2.47. The van der Waals surface area contributed by atoms with Crippen molar-refractivity contribution in [3.05, 3.63) is 68.9 Å². The summed E-state index contributed by atoms with van der Waals surface area (Å²) in [4.78, 5) is 12.1. The van der Waals surface area contributed by atoms with Crippen LogP contribution in [0, 0.1) is 5.82 Å². The van der Waals surface area contributed by atoms with Crippen LogP contribution >= 0.6 is 27.5 Å². The minimum absolute atomic E-state index is 0.0206. The summed E-state index contributed by atoms with van der Waals surface area (Å²) in [6.45, 7) is 1.59. The Labute approximate surface area is 141 Å². The molecule has 2 N–H and O–H groups in total. The van der Waals surface area contributed by atoms with Crippen molar-refractivity contribution in [3.63, 3.8) is 0 Å². The van der Waals surface area contributed by atoms with Gasteiger partial charge in [-0.15, -0.1) is 0 Å². The summed E-state index contributed by atoms with van der Waals surface area (Å²) in [7, 11) is 0. The number of aliphatic hydroxyl groups is 1. The number of nitrogens with one attached hydrogen (secondary N) is 1. The lowest BCUT2D eigenvalue weighted by atomic mass is 10.0. The number of carbonyl (C=O) groups excluding carboxylic acids is 1. The Kier molecular flexibility index (Phi) is 5.56. The van der Waals surface area contributed by atoms with E-state index in [1.165, 1.54) is 18.2 Å². The zero-order chi connectivity index (χ0) is 16.3. The van der Waals surface area contributed by atoms with Gasteiger partial charge in [0.05, 0.1) is 6.04 Å². The van der Waals surface area contributed by atoms with Gasteiger partial charge in [0.1, 0.15) is 11.9 Å². The second kappa shape index (κ2) is 7.22. The number of halogens is 3. The Hall–Kier alpha value is -1.43. The number of amides is 1. The molecule has 0 bridgehead atoms. The predicted molar refractivity (Wildman–Crippen MR) is 87.4 cm³/mol. The summed E-state index contributed by atoms with van der Waals surface area (Å²) >= 11 is 9.21. The number of carbonyl (C=O) groups is 1. The van der Waals surface area contributed by atoms with E-state index >= 15 is 0 Å². The first-order valence-corrected chi connectivity index (χ1v) is 7.75. The van der Waals surface area contributed by atoms with E-state index in [9.17, 15) is 14.3 Å². The van der Waals surface area contributed by atoms with Crippen molar-refractivity contribution in [1.82, 2.24) is 5.32 Å². The van der Waals surface area contributed by atoms with Crippen molar-refractivity contribution in [2.45, 2.75) is 19.1 Å². The van der Waals surface area contributed by atoms with Crippen LogP contribution in [0.1, 0.15) is 28.9 Å². The highest BCUT2D eigenvalue weighted by atomic mass is 79.9. The van der Waals surface area contributed by atoms with E-state index in [0.29, 0.717) is 5.56 Å². The molecule has 0 fully saturated rings. The molecule has 116 valence electrons. The molecule has 2 aromatic rings. The molecule has 2 atom stereocenters. The summed E-state index contributed by atoms with van der Waals surface area (Å²) in [5, 5.41) is 13.0. The van der Waals surface area contributed by atoms with Crippen LogP contribution in [-0.2, 0) is 0 Å². The van der Waals surface area contributed by atoms with Crippen molar-refractivity contribution in [2.24, 2.45) is 0 Å². The lowest BCUT2D eigenvalue weighted by Crippen LogP contribution is -2.37. The van der Waals surface area contributed by atoms with E-state index in [2.05, 4.69) is 21.2 Å². The molecule has 0 heterocycles. The quantitative estimate of drug-likeness (QED) is 0.831. The molecule has 0 radical (unpaired) electrons. The van der Waals surface area contributed by atoms with E-state index in [1.807, 2.05) is 0 Å². The molecule has 3 nitrogen and oxygen atoms in total. The van der Waals surface area contributed by atoms with Gasteiger partial charge in [0, 0.05) is 20.6 Å². The molecule has 1 amide bonds.